The highest BCUT2D eigenvalue weighted by atomic mass is 32.1. The van der Waals surface area contributed by atoms with Crippen molar-refractivity contribution in [2.24, 2.45) is 0 Å². The summed E-state index contributed by atoms with van der Waals surface area (Å²) in [6, 6.07) is 5.01. The van der Waals surface area contributed by atoms with Crippen LogP contribution in [0.25, 0.3) is 10.6 Å². The average Bonchev–Trinajstić information content (AvgIpc) is 3.48. The number of likely N-dealkylation sites (tertiary alicyclic amines) is 1. The number of aromatic nitrogens is 2. The molecule has 0 N–H and O–H groups in total. The van der Waals surface area contributed by atoms with Crippen LogP contribution in [0.2, 0.25) is 0 Å². The fourth-order valence-electron chi connectivity index (χ4n) is 3.79. The summed E-state index contributed by atoms with van der Waals surface area (Å²) in [6.07, 6.45) is 2.49. The maximum atomic E-state index is 12.7. The van der Waals surface area contributed by atoms with Gasteiger partial charge in [-0.2, -0.15) is 5.10 Å². The van der Waals surface area contributed by atoms with Crippen molar-refractivity contribution >= 4 is 29.3 Å². The minimum atomic E-state index is -0.709. The predicted octanol–water partition coefficient (Wildman–Crippen LogP) is 1.60. The van der Waals surface area contributed by atoms with E-state index in [1.807, 2.05) is 23.6 Å². The maximum absolute atomic E-state index is 12.7. The third kappa shape index (κ3) is 3.98. The van der Waals surface area contributed by atoms with Gasteiger partial charge in [0.1, 0.15) is 18.8 Å². The normalized spacial score (nSPS) is 20.0. The van der Waals surface area contributed by atoms with Crippen LogP contribution in [0.4, 0.5) is 4.79 Å². The largest absolute Gasteiger partial charge is 0.467 e. The lowest BCUT2D eigenvalue weighted by atomic mass is 10.0. The smallest absolute Gasteiger partial charge is 0.410 e. The minimum Gasteiger partial charge on any atom is -0.467 e. The van der Waals surface area contributed by atoms with Gasteiger partial charge in [-0.25, -0.2) is 9.59 Å². The molecule has 1 atom stereocenters. The van der Waals surface area contributed by atoms with Crippen LogP contribution in [0, 0.1) is 0 Å². The van der Waals surface area contributed by atoms with E-state index in [0.717, 1.165) is 10.6 Å². The molecule has 2 saturated heterocycles. The highest BCUT2D eigenvalue weighted by Gasteiger charge is 2.44. The van der Waals surface area contributed by atoms with E-state index >= 15 is 0 Å². The molecule has 0 aromatic carbocycles. The number of hydrogen-bond acceptors (Lipinski definition) is 7. The average molecular weight is 418 g/mol. The molecule has 0 spiro atoms. The number of piperidine rings is 1. The second-order valence-electron chi connectivity index (χ2n) is 7.01. The quantitative estimate of drug-likeness (QED) is 0.685. The first-order chi connectivity index (χ1) is 14.1. The van der Waals surface area contributed by atoms with E-state index in [1.54, 1.807) is 27.1 Å². The SMILES string of the molecule is COC(=O)C1COC(=O)N1C1CCN(C(=O)Cn2ccc(-c3cccs3)n2)CC1. The van der Waals surface area contributed by atoms with Gasteiger partial charge in [0.15, 0.2) is 6.04 Å². The molecule has 2 aromatic rings. The molecular formula is C19H22N4O5S. The number of methoxy groups -OCH3 is 1. The van der Waals surface area contributed by atoms with Crippen LogP contribution in [0.5, 0.6) is 0 Å². The van der Waals surface area contributed by atoms with Crippen molar-refractivity contribution in [2.45, 2.75) is 31.5 Å². The molecule has 29 heavy (non-hydrogen) atoms. The van der Waals surface area contributed by atoms with Crippen LogP contribution in [0.3, 0.4) is 0 Å². The third-order valence-corrected chi connectivity index (χ3v) is 6.20. The molecule has 1 unspecified atom stereocenters. The molecule has 154 valence electrons. The van der Waals surface area contributed by atoms with Crippen LogP contribution < -0.4 is 0 Å². The summed E-state index contributed by atoms with van der Waals surface area (Å²) in [5, 5.41) is 6.46. The van der Waals surface area contributed by atoms with Crippen molar-refractivity contribution in [3.05, 3.63) is 29.8 Å². The summed E-state index contributed by atoms with van der Waals surface area (Å²) in [7, 11) is 1.30. The Balaban J connectivity index is 1.33. The van der Waals surface area contributed by atoms with Gasteiger partial charge in [0.25, 0.3) is 0 Å². The Morgan fingerprint density at radius 3 is 2.79 bits per heavy atom. The van der Waals surface area contributed by atoms with E-state index in [2.05, 4.69) is 5.10 Å². The number of hydrogen-bond donors (Lipinski definition) is 0. The number of cyclic esters (lactones) is 1. The number of rotatable bonds is 5. The molecule has 9 nitrogen and oxygen atoms in total. The van der Waals surface area contributed by atoms with Crippen molar-refractivity contribution in [2.75, 3.05) is 26.8 Å². The zero-order valence-corrected chi connectivity index (χ0v) is 16.8. The number of carbonyl (C=O) groups excluding carboxylic acids is 3. The molecule has 2 aliphatic rings. The van der Waals surface area contributed by atoms with Crippen molar-refractivity contribution in [3.63, 3.8) is 0 Å². The van der Waals surface area contributed by atoms with Gasteiger partial charge >= 0.3 is 12.1 Å². The van der Waals surface area contributed by atoms with E-state index < -0.39 is 18.1 Å². The van der Waals surface area contributed by atoms with Crippen molar-refractivity contribution in [1.82, 2.24) is 19.6 Å². The predicted molar refractivity (Wildman–Crippen MR) is 104 cm³/mol. The summed E-state index contributed by atoms with van der Waals surface area (Å²) in [5.74, 6) is -0.493. The van der Waals surface area contributed by atoms with Gasteiger partial charge in [-0.1, -0.05) is 6.07 Å². The molecular weight excluding hydrogens is 396 g/mol. The van der Waals surface area contributed by atoms with Crippen molar-refractivity contribution in [3.8, 4) is 10.6 Å². The highest BCUT2D eigenvalue weighted by Crippen LogP contribution is 2.25. The maximum Gasteiger partial charge on any atom is 0.410 e. The molecule has 2 aliphatic heterocycles. The summed E-state index contributed by atoms with van der Waals surface area (Å²) < 4.78 is 11.5. The Morgan fingerprint density at radius 1 is 1.31 bits per heavy atom. The first-order valence-corrected chi connectivity index (χ1v) is 10.3. The molecule has 0 saturated carbocycles. The summed E-state index contributed by atoms with van der Waals surface area (Å²) in [4.78, 5) is 40.9. The Labute approximate surface area is 171 Å². The van der Waals surface area contributed by atoms with Crippen LogP contribution in [0.1, 0.15) is 12.8 Å². The van der Waals surface area contributed by atoms with E-state index in [0.29, 0.717) is 25.9 Å². The molecule has 0 bridgehead atoms. The number of ether oxygens (including phenoxy) is 2. The number of esters is 1. The van der Waals surface area contributed by atoms with Gasteiger partial charge in [0.05, 0.1) is 12.0 Å². The van der Waals surface area contributed by atoms with Crippen molar-refractivity contribution < 1.29 is 23.9 Å². The Bertz CT molecular complexity index is 888. The van der Waals surface area contributed by atoms with Gasteiger partial charge in [0.2, 0.25) is 5.91 Å². The van der Waals surface area contributed by atoms with Crippen LogP contribution in [-0.4, -0.2) is 76.4 Å². The van der Waals surface area contributed by atoms with Gasteiger partial charge < -0.3 is 14.4 Å². The van der Waals surface area contributed by atoms with Crippen molar-refractivity contribution in [1.29, 1.82) is 0 Å². The molecule has 0 radical (unpaired) electrons. The van der Waals surface area contributed by atoms with Gasteiger partial charge in [0, 0.05) is 25.3 Å². The molecule has 4 heterocycles. The van der Waals surface area contributed by atoms with Crippen LogP contribution >= 0.6 is 11.3 Å². The summed E-state index contributed by atoms with van der Waals surface area (Å²) in [5.41, 5.74) is 0.855. The summed E-state index contributed by atoms with van der Waals surface area (Å²) in [6.45, 7) is 1.21. The lowest BCUT2D eigenvalue weighted by Gasteiger charge is -2.37. The Morgan fingerprint density at radius 2 is 2.10 bits per heavy atom. The monoisotopic (exact) mass is 418 g/mol. The van der Waals surface area contributed by atoms with Crippen LogP contribution in [-0.2, 0) is 25.6 Å². The number of thiophene rings is 1. The fourth-order valence-corrected chi connectivity index (χ4v) is 4.48. The zero-order chi connectivity index (χ0) is 20.4. The molecule has 4 rings (SSSR count). The first kappa shape index (κ1) is 19.4. The number of amides is 2. The lowest BCUT2D eigenvalue weighted by molar-refractivity contribution is -0.146. The standard InChI is InChI=1S/C19H22N4O5S/c1-27-18(25)15-12-28-19(26)23(15)13-4-7-21(8-5-13)17(24)11-22-9-6-14(20-22)16-3-2-10-29-16/h2-3,6,9-10,13,15H,4-5,7-8,11-12H2,1H3. The van der Waals surface area contributed by atoms with E-state index in [-0.39, 0.29) is 25.1 Å². The Hall–Kier alpha value is -2.88. The fraction of sp³-hybridized carbons (Fsp3) is 0.474. The second-order valence-corrected chi connectivity index (χ2v) is 7.96. The summed E-state index contributed by atoms with van der Waals surface area (Å²) >= 11 is 1.61. The molecule has 2 aromatic heterocycles. The van der Waals surface area contributed by atoms with Gasteiger partial charge in [-0.3, -0.25) is 14.4 Å². The second kappa shape index (κ2) is 8.24. The highest BCUT2D eigenvalue weighted by molar-refractivity contribution is 7.13. The van der Waals surface area contributed by atoms with E-state index in [1.165, 1.54) is 12.0 Å². The molecule has 2 fully saturated rings. The topological polar surface area (TPSA) is 94.0 Å². The van der Waals surface area contributed by atoms with E-state index in [4.69, 9.17) is 9.47 Å². The van der Waals surface area contributed by atoms with E-state index in [9.17, 15) is 14.4 Å². The van der Waals surface area contributed by atoms with Crippen LogP contribution in [0.15, 0.2) is 29.8 Å². The van der Waals surface area contributed by atoms with Gasteiger partial charge in [-0.05, 0) is 30.4 Å². The molecule has 10 heteroatoms. The Kier molecular flexibility index (Phi) is 5.52. The number of carbonyl (C=O) groups is 3. The molecule has 0 aliphatic carbocycles. The lowest BCUT2D eigenvalue weighted by Crippen LogP contribution is -2.52. The van der Waals surface area contributed by atoms with Gasteiger partial charge in [-0.15, -0.1) is 11.3 Å². The molecule has 2 amide bonds. The number of nitrogens with zero attached hydrogens (tertiary/aromatic N) is 4. The third-order valence-electron chi connectivity index (χ3n) is 5.31. The zero-order valence-electron chi connectivity index (χ0n) is 16.0. The minimum absolute atomic E-state index is 0.0104. The first-order valence-electron chi connectivity index (χ1n) is 9.45.